The van der Waals surface area contributed by atoms with Gasteiger partial charge in [-0.3, -0.25) is 0 Å². The zero-order chi connectivity index (χ0) is 14.2. The van der Waals surface area contributed by atoms with Crippen LogP contribution in [0, 0.1) is 11.6 Å². The molecule has 1 nitrogen and oxygen atoms in total. The van der Waals surface area contributed by atoms with Gasteiger partial charge in [-0.15, -0.1) is 0 Å². The third kappa shape index (κ3) is 3.16. The summed E-state index contributed by atoms with van der Waals surface area (Å²) >= 11 is 12.1. The maximum Gasteiger partial charge on any atom is 0.137 e. The third-order valence-corrected chi connectivity index (χ3v) is 4.52. The van der Waals surface area contributed by atoms with Crippen molar-refractivity contribution in [2.75, 3.05) is 0 Å². The molecule has 1 atom stereocenters. The smallest absolute Gasteiger partial charge is 0.137 e. The SMILES string of the molecule is NC(c1ccc(Br)c(F)c1)c1cc(Cl)c(Br)cc1F. The quantitative estimate of drug-likeness (QED) is 0.676. The molecule has 0 bridgehead atoms. The van der Waals surface area contributed by atoms with E-state index in [4.69, 9.17) is 17.3 Å². The van der Waals surface area contributed by atoms with Gasteiger partial charge in [0.25, 0.3) is 0 Å². The molecule has 2 rings (SSSR count). The number of nitrogens with two attached hydrogens (primary N) is 1. The van der Waals surface area contributed by atoms with Gasteiger partial charge in [-0.05, 0) is 61.7 Å². The minimum atomic E-state index is -0.784. The fraction of sp³-hybridized carbons (Fsp3) is 0.0769. The lowest BCUT2D eigenvalue weighted by atomic mass is 9.99. The van der Waals surface area contributed by atoms with E-state index in [-0.39, 0.29) is 5.56 Å². The molecule has 2 aromatic carbocycles. The van der Waals surface area contributed by atoms with Crippen LogP contribution in [0.4, 0.5) is 8.78 Å². The highest BCUT2D eigenvalue weighted by Crippen LogP contribution is 2.31. The van der Waals surface area contributed by atoms with Gasteiger partial charge in [0.05, 0.1) is 15.5 Å². The monoisotopic (exact) mass is 409 g/mol. The van der Waals surface area contributed by atoms with Crippen molar-refractivity contribution < 1.29 is 8.78 Å². The molecular formula is C13H8Br2ClF2N. The standard InChI is InChI=1S/C13H8Br2ClF2N/c14-8-2-1-6(3-12(8)18)13(19)7-4-10(16)9(15)5-11(7)17/h1-5,13H,19H2. The molecule has 0 saturated carbocycles. The highest BCUT2D eigenvalue weighted by Gasteiger charge is 2.17. The summed E-state index contributed by atoms with van der Waals surface area (Å²) < 4.78 is 28.1. The Morgan fingerprint density at radius 1 is 1.00 bits per heavy atom. The highest BCUT2D eigenvalue weighted by molar-refractivity contribution is 9.10. The first-order chi connectivity index (χ1) is 8.90. The van der Waals surface area contributed by atoms with Crippen molar-refractivity contribution in [1.29, 1.82) is 0 Å². The molecule has 2 aromatic rings. The molecule has 0 spiro atoms. The first-order valence-electron chi connectivity index (χ1n) is 5.25. The second-order valence-corrected chi connectivity index (χ2v) is 6.05. The number of benzene rings is 2. The molecule has 0 aromatic heterocycles. The van der Waals surface area contributed by atoms with Crippen molar-refractivity contribution in [3.63, 3.8) is 0 Å². The summed E-state index contributed by atoms with van der Waals surface area (Å²) in [5.41, 5.74) is 6.65. The van der Waals surface area contributed by atoms with Gasteiger partial charge >= 0.3 is 0 Å². The zero-order valence-corrected chi connectivity index (χ0v) is 13.4. The van der Waals surface area contributed by atoms with Crippen LogP contribution in [-0.2, 0) is 0 Å². The number of hydrogen-bond acceptors (Lipinski definition) is 1. The zero-order valence-electron chi connectivity index (χ0n) is 9.43. The second kappa shape index (κ2) is 5.87. The van der Waals surface area contributed by atoms with Crippen LogP contribution in [-0.4, -0.2) is 0 Å². The van der Waals surface area contributed by atoms with E-state index in [1.54, 1.807) is 6.07 Å². The molecule has 0 saturated heterocycles. The predicted octanol–water partition coefficient (Wildman–Crippen LogP) is 5.19. The molecule has 100 valence electrons. The minimum absolute atomic E-state index is 0.218. The molecule has 19 heavy (non-hydrogen) atoms. The van der Waals surface area contributed by atoms with Crippen molar-refractivity contribution in [3.05, 3.63) is 67.1 Å². The Morgan fingerprint density at radius 2 is 1.68 bits per heavy atom. The fourth-order valence-corrected chi connectivity index (χ4v) is 2.40. The van der Waals surface area contributed by atoms with Crippen LogP contribution in [0.3, 0.4) is 0 Å². The summed E-state index contributed by atoms with van der Waals surface area (Å²) in [6.07, 6.45) is 0. The average molecular weight is 411 g/mol. The molecule has 0 radical (unpaired) electrons. The van der Waals surface area contributed by atoms with E-state index in [1.165, 1.54) is 24.3 Å². The van der Waals surface area contributed by atoms with Crippen LogP contribution in [0.2, 0.25) is 5.02 Å². The molecule has 0 aliphatic carbocycles. The van der Waals surface area contributed by atoms with E-state index < -0.39 is 17.7 Å². The normalized spacial score (nSPS) is 12.5. The van der Waals surface area contributed by atoms with Crippen molar-refractivity contribution in [3.8, 4) is 0 Å². The van der Waals surface area contributed by atoms with Crippen molar-refractivity contribution >= 4 is 43.5 Å². The third-order valence-electron chi connectivity index (χ3n) is 2.68. The Bertz CT molecular complexity index is 634. The van der Waals surface area contributed by atoms with Gasteiger partial charge in [-0.2, -0.15) is 0 Å². The van der Waals surface area contributed by atoms with Crippen LogP contribution in [0.5, 0.6) is 0 Å². The Morgan fingerprint density at radius 3 is 2.32 bits per heavy atom. The number of halogens is 5. The van der Waals surface area contributed by atoms with E-state index in [0.29, 0.717) is 19.5 Å². The van der Waals surface area contributed by atoms with Gasteiger partial charge in [-0.25, -0.2) is 8.78 Å². The van der Waals surface area contributed by atoms with E-state index in [2.05, 4.69) is 31.9 Å². The van der Waals surface area contributed by atoms with E-state index in [1.807, 2.05) is 0 Å². The van der Waals surface area contributed by atoms with Crippen LogP contribution in [0.25, 0.3) is 0 Å². The summed E-state index contributed by atoms with van der Waals surface area (Å²) in [7, 11) is 0. The number of rotatable bonds is 2. The van der Waals surface area contributed by atoms with E-state index >= 15 is 0 Å². The average Bonchev–Trinajstić information content (AvgIpc) is 2.36. The van der Waals surface area contributed by atoms with Gasteiger partial charge in [-0.1, -0.05) is 17.7 Å². The molecule has 0 aliphatic rings. The first-order valence-corrected chi connectivity index (χ1v) is 7.21. The van der Waals surface area contributed by atoms with E-state index in [9.17, 15) is 8.78 Å². The molecule has 0 heterocycles. The van der Waals surface area contributed by atoms with Crippen molar-refractivity contribution in [2.24, 2.45) is 5.73 Å². The Kier molecular flexibility index (Phi) is 4.61. The molecule has 1 unspecified atom stereocenters. The molecule has 2 N–H and O–H groups in total. The largest absolute Gasteiger partial charge is 0.320 e. The molecule has 6 heteroatoms. The van der Waals surface area contributed by atoms with E-state index in [0.717, 1.165) is 0 Å². The maximum absolute atomic E-state index is 13.9. The summed E-state index contributed by atoms with van der Waals surface area (Å²) in [6, 6.07) is 6.33. The molecular weight excluding hydrogens is 403 g/mol. The minimum Gasteiger partial charge on any atom is -0.320 e. The van der Waals surface area contributed by atoms with Crippen LogP contribution in [0.1, 0.15) is 17.2 Å². The molecule has 0 amide bonds. The van der Waals surface area contributed by atoms with Gasteiger partial charge in [0, 0.05) is 10.0 Å². The van der Waals surface area contributed by atoms with Crippen LogP contribution in [0.15, 0.2) is 39.3 Å². The maximum atomic E-state index is 13.9. The van der Waals surface area contributed by atoms with Gasteiger partial charge in [0.2, 0.25) is 0 Å². The Balaban J connectivity index is 2.46. The summed E-state index contributed by atoms with van der Waals surface area (Å²) in [4.78, 5) is 0. The van der Waals surface area contributed by atoms with Gasteiger partial charge in [0.15, 0.2) is 0 Å². The van der Waals surface area contributed by atoms with Crippen LogP contribution >= 0.6 is 43.5 Å². The van der Waals surface area contributed by atoms with Crippen LogP contribution < -0.4 is 5.73 Å². The highest BCUT2D eigenvalue weighted by atomic mass is 79.9. The fourth-order valence-electron chi connectivity index (χ4n) is 1.66. The van der Waals surface area contributed by atoms with Crippen molar-refractivity contribution in [1.82, 2.24) is 0 Å². The lowest BCUT2D eigenvalue weighted by molar-refractivity contribution is 0.594. The van der Waals surface area contributed by atoms with Crippen molar-refractivity contribution in [2.45, 2.75) is 6.04 Å². The lowest BCUT2D eigenvalue weighted by Crippen LogP contribution is -2.14. The topological polar surface area (TPSA) is 26.0 Å². The Labute approximate surface area is 131 Å². The summed E-state index contributed by atoms with van der Waals surface area (Å²) in [5.74, 6) is -0.941. The second-order valence-electron chi connectivity index (χ2n) is 3.94. The van der Waals surface area contributed by atoms with Gasteiger partial charge < -0.3 is 5.73 Å². The van der Waals surface area contributed by atoms with Gasteiger partial charge in [0.1, 0.15) is 11.6 Å². The first kappa shape index (κ1) is 14.9. The summed E-state index contributed by atoms with van der Waals surface area (Å²) in [6.45, 7) is 0. The number of hydrogen-bond donors (Lipinski definition) is 1. The predicted molar refractivity (Wildman–Crippen MR) is 79.2 cm³/mol. The molecule has 0 fully saturated rings. The molecule has 0 aliphatic heterocycles. The summed E-state index contributed by atoms with van der Waals surface area (Å²) in [5, 5.41) is 0.351. The lowest BCUT2D eigenvalue weighted by Gasteiger charge is -2.15. The Hall–Kier alpha value is -0.490.